The molecule has 0 saturated carbocycles. The molecule has 1 unspecified atom stereocenters. The molecule has 1 heterocycles. The average molecular weight is 651 g/mol. The molecule has 0 saturated heterocycles. The predicted octanol–water partition coefficient (Wildman–Crippen LogP) is 3.23. The molecule has 0 aliphatic heterocycles. The number of carbonyl (C=O) groups excluding carboxylic acids is 4. The molecule has 1 atom stereocenters. The smallest absolute Gasteiger partial charge is 0.444 e. The van der Waals surface area contributed by atoms with Crippen LogP contribution in [0.15, 0.2) is 71.5 Å². The van der Waals surface area contributed by atoms with Crippen LogP contribution in [0.3, 0.4) is 0 Å². The normalized spacial score (nSPS) is 12.2. The zero-order valence-electron chi connectivity index (χ0n) is 24.2. The Hall–Kier alpha value is -4.99. The number of anilines is 1. The summed E-state index contributed by atoms with van der Waals surface area (Å²) in [6, 6.07) is 14.5. The Morgan fingerprint density at radius 2 is 1.56 bits per heavy atom. The zero-order valence-corrected chi connectivity index (χ0v) is 25.0. The van der Waals surface area contributed by atoms with Gasteiger partial charge in [-0.05, 0) is 41.3 Å². The molecule has 3 rings (SSSR count). The van der Waals surface area contributed by atoms with Crippen molar-refractivity contribution >= 4 is 39.4 Å². The van der Waals surface area contributed by atoms with Crippen molar-refractivity contribution < 1.29 is 45.5 Å². The lowest BCUT2D eigenvalue weighted by atomic mass is 9.99. The third kappa shape index (κ3) is 9.76. The summed E-state index contributed by atoms with van der Waals surface area (Å²) in [5.41, 5.74) is -0.0447. The fourth-order valence-electron chi connectivity index (χ4n) is 4.04. The molecule has 0 radical (unpaired) electrons. The van der Waals surface area contributed by atoms with Gasteiger partial charge in [-0.1, -0.05) is 56.3 Å². The van der Waals surface area contributed by atoms with E-state index in [2.05, 4.69) is 10.6 Å². The lowest BCUT2D eigenvalue weighted by Gasteiger charge is -2.23. The van der Waals surface area contributed by atoms with Crippen molar-refractivity contribution in [2.45, 2.75) is 39.2 Å². The van der Waals surface area contributed by atoms with Crippen LogP contribution in [0.25, 0.3) is 11.3 Å². The fourth-order valence-corrected chi connectivity index (χ4v) is 4.49. The second kappa shape index (κ2) is 14.2. The van der Waals surface area contributed by atoms with Gasteiger partial charge >= 0.3 is 12.3 Å². The number of sulfonamides is 1. The summed E-state index contributed by atoms with van der Waals surface area (Å²) in [6.45, 7) is 1.58. The van der Waals surface area contributed by atoms with Crippen LogP contribution in [0.4, 0.5) is 23.7 Å². The Bertz CT molecular complexity index is 1740. The lowest BCUT2D eigenvalue weighted by Crippen LogP contribution is -2.50. The number of nitrogens with one attached hydrogen (secondary N) is 3. The van der Waals surface area contributed by atoms with E-state index in [9.17, 15) is 45.6 Å². The summed E-state index contributed by atoms with van der Waals surface area (Å²) in [6.07, 6.45) is -5.43. The molecule has 3 amide bonds. The lowest BCUT2D eigenvalue weighted by molar-refractivity contribution is -0.174. The number of ketones is 1. The van der Waals surface area contributed by atoms with Gasteiger partial charge in [0.25, 0.3) is 17.2 Å². The van der Waals surface area contributed by atoms with Gasteiger partial charge in [0.2, 0.25) is 15.9 Å². The summed E-state index contributed by atoms with van der Waals surface area (Å²) in [4.78, 5) is 62.6. The number of halogens is 3. The maximum absolute atomic E-state index is 13.4. The number of amides is 3. The van der Waals surface area contributed by atoms with E-state index in [1.54, 1.807) is 30.3 Å². The van der Waals surface area contributed by atoms with E-state index >= 15 is 0 Å². The standard InChI is InChI=1S/C29H29F3N4O8S/c1-17(2)24(25(38)29(30,31)32)34-23(37)15-36-22(19-7-5-4-6-8-19)14-13-21(27(36)40)33-28(41)44-16-18-9-11-20(12-10-18)26(39)35-45(3,42)43/h4-14,17,24H,15-16H2,1-3H3,(H,33,41)(H,34,37)(H,35,39). The summed E-state index contributed by atoms with van der Waals surface area (Å²) in [7, 11) is -3.76. The number of Topliss-reactive ketones (excluding diaryl/α,β-unsaturated/α-hetero) is 1. The van der Waals surface area contributed by atoms with Crippen LogP contribution in [-0.2, 0) is 37.5 Å². The summed E-state index contributed by atoms with van der Waals surface area (Å²) in [5, 5.41) is 4.33. The van der Waals surface area contributed by atoms with Crippen LogP contribution in [0.1, 0.15) is 29.8 Å². The van der Waals surface area contributed by atoms with Crippen LogP contribution in [0, 0.1) is 5.92 Å². The first-order valence-electron chi connectivity index (χ1n) is 13.2. The van der Waals surface area contributed by atoms with Crippen LogP contribution in [-0.4, -0.2) is 55.1 Å². The van der Waals surface area contributed by atoms with Crippen molar-refractivity contribution in [2.75, 3.05) is 11.6 Å². The maximum Gasteiger partial charge on any atom is 0.452 e. The fraction of sp³-hybridized carbons (Fsp3) is 0.276. The number of rotatable bonds is 11. The third-order valence-electron chi connectivity index (χ3n) is 6.19. The molecule has 0 fully saturated rings. The number of ether oxygens (including phenoxy) is 1. The maximum atomic E-state index is 13.4. The van der Waals surface area contributed by atoms with Crippen LogP contribution >= 0.6 is 0 Å². The van der Waals surface area contributed by atoms with Crippen molar-refractivity contribution in [3.05, 3.63) is 88.2 Å². The van der Waals surface area contributed by atoms with Gasteiger partial charge < -0.3 is 10.1 Å². The number of hydrogen-bond donors (Lipinski definition) is 3. The SMILES string of the molecule is CC(C)C(NC(=O)Cn1c(-c2ccccc2)ccc(NC(=O)OCc2ccc(C(=O)NS(C)(=O)=O)cc2)c1=O)C(=O)C(F)(F)F. The Morgan fingerprint density at radius 1 is 0.933 bits per heavy atom. The van der Waals surface area contributed by atoms with Gasteiger partial charge in [-0.3, -0.25) is 29.1 Å². The average Bonchev–Trinajstić information content (AvgIpc) is 2.95. The number of aromatic nitrogens is 1. The summed E-state index contributed by atoms with van der Waals surface area (Å²) >= 11 is 0. The van der Waals surface area contributed by atoms with E-state index in [1.807, 2.05) is 4.72 Å². The Balaban J connectivity index is 1.79. The van der Waals surface area contributed by atoms with Gasteiger partial charge in [0.05, 0.1) is 18.0 Å². The molecular formula is C29H29F3N4O8S. The van der Waals surface area contributed by atoms with Gasteiger partial charge in [0, 0.05) is 5.56 Å². The molecule has 45 heavy (non-hydrogen) atoms. The molecule has 0 aliphatic carbocycles. The number of alkyl halides is 3. The van der Waals surface area contributed by atoms with E-state index in [1.165, 1.54) is 50.2 Å². The number of nitrogens with zero attached hydrogens (tertiary/aromatic N) is 1. The first kappa shape index (κ1) is 34.5. The Kier molecular flexibility index (Phi) is 10.9. The molecule has 12 nitrogen and oxygen atoms in total. The molecule has 2 aromatic carbocycles. The van der Waals surface area contributed by atoms with E-state index in [-0.39, 0.29) is 23.6 Å². The summed E-state index contributed by atoms with van der Waals surface area (Å²) < 4.78 is 69.6. The van der Waals surface area contributed by atoms with E-state index in [4.69, 9.17) is 4.74 Å². The molecule has 0 spiro atoms. The minimum atomic E-state index is -5.19. The second-order valence-corrected chi connectivity index (χ2v) is 11.9. The quantitative estimate of drug-likeness (QED) is 0.284. The topological polar surface area (TPSA) is 170 Å². The highest BCUT2D eigenvalue weighted by molar-refractivity contribution is 7.89. The van der Waals surface area contributed by atoms with Gasteiger partial charge in [0.1, 0.15) is 18.8 Å². The number of pyridine rings is 1. The van der Waals surface area contributed by atoms with E-state index in [0.29, 0.717) is 11.1 Å². The highest BCUT2D eigenvalue weighted by Gasteiger charge is 2.45. The Morgan fingerprint density at radius 3 is 2.11 bits per heavy atom. The van der Waals surface area contributed by atoms with Crippen LogP contribution in [0.5, 0.6) is 0 Å². The van der Waals surface area contributed by atoms with Crippen molar-refractivity contribution in [3.8, 4) is 11.3 Å². The van der Waals surface area contributed by atoms with E-state index < -0.39 is 64.0 Å². The molecule has 16 heteroatoms. The van der Waals surface area contributed by atoms with Crippen LogP contribution < -0.4 is 20.9 Å². The van der Waals surface area contributed by atoms with Gasteiger partial charge in [-0.25, -0.2) is 17.9 Å². The molecule has 0 aliphatic rings. The number of benzene rings is 2. The molecular weight excluding hydrogens is 621 g/mol. The van der Waals surface area contributed by atoms with Crippen molar-refractivity contribution in [2.24, 2.45) is 5.92 Å². The molecule has 240 valence electrons. The van der Waals surface area contributed by atoms with Gasteiger partial charge in [-0.2, -0.15) is 13.2 Å². The van der Waals surface area contributed by atoms with Crippen molar-refractivity contribution in [1.29, 1.82) is 0 Å². The van der Waals surface area contributed by atoms with Crippen molar-refractivity contribution in [1.82, 2.24) is 14.6 Å². The molecule has 3 N–H and O–H groups in total. The van der Waals surface area contributed by atoms with E-state index in [0.717, 1.165) is 10.8 Å². The minimum absolute atomic E-state index is 0.0409. The molecule has 0 bridgehead atoms. The van der Waals surface area contributed by atoms with Gasteiger partial charge in [-0.15, -0.1) is 0 Å². The second-order valence-electron chi connectivity index (χ2n) is 10.1. The summed E-state index contributed by atoms with van der Waals surface area (Å²) in [5.74, 6) is -4.93. The first-order chi connectivity index (χ1) is 21.0. The van der Waals surface area contributed by atoms with Crippen molar-refractivity contribution in [3.63, 3.8) is 0 Å². The van der Waals surface area contributed by atoms with Gasteiger partial charge in [0.15, 0.2) is 0 Å². The monoisotopic (exact) mass is 650 g/mol. The Labute approximate surface area is 255 Å². The first-order valence-corrected chi connectivity index (χ1v) is 15.1. The number of carbonyl (C=O) groups is 4. The minimum Gasteiger partial charge on any atom is -0.444 e. The third-order valence-corrected chi connectivity index (χ3v) is 6.75. The highest BCUT2D eigenvalue weighted by atomic mass is 32.2. The molecule has 1 aromatic heterocycles. The highest BCUT2D eigenvalue weighted by Crippen LogP contribution is 2.22. The molecule has 3 aromatic rings. The zero-order chi connectivity index (χ0) is 33.5. The predicted molar refractivity (Wildman–Crippen MR) is 157 cm³/mol. The largest absolute Gasteiger partial charge is 0.452 e. The van der Waals surface area contributed by atoms with Crippen LogP contribution in [0.2, 0.25) is 0 Å². The number of hydrogen-bond acceptors (Lipinski definition) is 8.